The summed E-state index contributed by atoms with van der Waals surface area (Å²) in [6.45, 7) is 3.02. The fraction of sp³-hybridized carbons (Fsp3) is 0.789. The van der Waals surface area contributed by atoms with Crippen LogP contribution in [0, 0.1) is 0 Å². The first-order chi connectivity index (χ1) is 11.3. The van der Waals surface area contributed by atoms with Crippen LogP contribution in [0.15, 0.2) is 12.4 Å². The maximum atomic E-state index is 5.69. The molecule has 2 fully saturated rings. The molecule has 4 heteroatoms. The lowest BCUT2D eigenvalue weighted by molar-refractivity contribution is 0.0995. The lowest BCUT2D eigenvalue weighted by atomic mass is 9.89. The van der Waals surface area contributed by atoms with Gasteiger partial charge in [-0.3, -0.25) is 0 Å². The smallest absolute Gasteiger partial charge is 0.131 e. The Bertz CT molecular complexity index is 450. The molecule has 1 aromatic rings. The number of nitrogens with zero attached hydrogens (tertiary/aromatic N) is 3. The summed E-state index contributed by atoms with van der Waals surface area (Å²) in [6, 6.07) is 0. The lowest BCUT2D eigenvalue weighted by Gasteiger charge is -2.21. The van der Waals surface area contributed by atoms with Crippen molar-refractivity contribution in [1.29, 1.82) is 0 Å². The minimum absolute atomic E-state index is 0.515. The molecule has 1 saturated heterocycles. The second-order valence-corrected chi connectivity index (χ2v) is 7.30. The van der Waals surface area contributed by atoms with Gasteiger partial charge in [-0.25, -0.2) is 9.97 Å². The molecule has 128 valence electrons. The highest BCUT2D eigenvalue weighted by Gasteiger charge is 2.18. The number of hydrogen-bond acceptors (Lipinski definition) is 4. The molecular weight excluding hydrogens is 286 g/mol. The average molecular weight is 317 g/mol. The third kappa shape index (κ3) is 5.25. The van der Waals surface area contributed by atoms with E-state index in [-0.39, 0.29) is 0 Å². The van der Waals surface area contributed by atoms with Crippen molar-refractivity contribution in [2.75, 3.05) is 20.2 Å². The summed E-state index contributed by atoms with van der Waals surface area (Å²) in [6.07, 6.45) is 16.1. The van der Waals surface area contributed by atoms with E-state index in [1.165, 1.54) is 63.4 Å². The van der Waals surface area contributed by atoms with Crippen molar-refractivity contribution in [3.63, 3.8) is 0 Å². The van der Waals surface area contributed by atoms with Gasteiger partial charge in [0.25, 0.3) is 0 Å². The first-order valence-electron chi connectivity index (χ1n) is 9.42. The second-order valence-electron chi connectivity index (χ2n) is 7.30. The van der Waals surface area contributed by atoms with E-state index in [0.717, 1.165) is 25.5 Å². The molecule has 4 nitrogen and oxygen atoms in total. The third-order valence-corrected chi connectivity index (χ3v) is 5.24. The fourth-order valence-electron chi connectivity index (χ4n) is 3.87. The van der Waals surface area contributed by atoms with Gasteiger partial charge in [-0.1, -0.05) is 19.3 Å². The molecule has 2 heterocycles. The van der Waals surface area contributed by atoms with Crippen LogP contribution in [-0.4, -0.2) is 41.2 Å². The molecule has 1 aliphatic carbocycles. The Hall–Kier alpha value is -1.00. The van der Waals surface area contributed by atoms with Crippen molar-refractivity contribution in [2.24, 2.45) is 0 Å². The van der Waals surface area contributed by atoms with Gasteiger partial charge in [-0.2, -0.15) is 0 Å². The van der Waals surface area contributed by atoms with Crippen LogP contribution in [0.5, 0.6) is 0 Å². The van der Waals surface area contributed by atoms with E-state index >= 15 is 0 Å². The summed E-state index contributed by atoms with van der Waals surface area (Å²) < 4.78 is 5.69. The van der Waals surface area contributed by atoms with Gasteiger partial charge in [0, 0.05) is 37.0 Å². The summed E-state index contributed by atoms with van der Waals surface area (Å²) in [7, 11) is 2.19. The topological polar surface area (TPSA) is 38.2 Å². The van der Waals surface area contributed by atoms with E-state index in [0.29, 0.717) is 12.0 Å². The lowest BCUT2D eigenvalue weighted by Crippen LogP contribution is -2.21. The summed E-state index contributed by atoms with van der Waals surface area (Å²) in [5.41, 5.74) is 1.23. The first-order valence-corrected chi connectivity index (χ1v) is 9.42. The molecule has 1 saturated carbocycles. The van der Waals surface area contributed by atoms with Crippen molar-refractivity contribution >= 4 is 0 Å². The molecule has 0 amide bonds. The Kier molecular flexibility index (Phi) is 6.40. The van der Waals surface area contributed by atoms with E-state index in [9.17, 15) is 0 Å². The summed E-state index contributed by atoms with van der Waals surface area (Å²) in [4.78, 5) is 11.7. The maximum Gasteiger partial charge on any atom is 0.131 e. The van der Waals surface area contributed by atoms with Crippen molar-refractivity contribution in [3.8, 4) is 0 Å². The molecule has 0 N–H and O–H groups in total. The van der Waals surface area contributed by atoms with Gasteiger partial charge in [0.15, 0.2) is 0 Å². The number of aromatic nitrogens is 2. The highest BCUT2D eigenvalue weighted by atomic mass is 16.5. The third-order valence-electron chi connectivity index (χ3n) is 5.24. The predicted molar refractivity (Wildman–Crippen MR) is 92.4 cm³/mol. The van der Waals surface area contributed by atoms with Crippen LogP contribution < -0.4 is 0 Å². The van der Waals surface area contributed by atoms with Crippen LogP contribution in [0.3, 0.4) is 0 Å². The zero-order valence-electron chi connectivity index (χ0n) is 14.5. The Balaban J connectivity index is 1.40. The second kappa shape index (κ2) is 8.74. The predicted octanol–water partition coefficient (Wildman–Crippen LogP) is 3.92. The van der Waals surface area contributed by atoms with Gasteiger partial charge in [-0.15, -0.1) is 0 Å². The van der Waals surface area contributed by atoms with Gasteiger partial charge < -0.3 is 9.64 Å². The van der Waals surface area contributed by atoms with E-state index in [1.54, 1.807) is 0 Å². The largest absolute Gasteiger partial charge is 0.378 e. The quantitative estimate of drug-likeness (QED) is 0.764. The van der Waals surface area contributed by atoms with E-state index < -0.39 is 0 Å². The van der Waals surface area contributed by atoms with E-state index in [2.05, 4.69) is 21.9 Å². The molecule has 1 aliphatic heterocycles. The molecule has 3 rings (SSSR count). The summed E-state index contributed by atoms with van der Waals surface area (Å²) in [5.74, 6) is 1.66. The standard InChI is InChI=1S/C19H31N3O/c1-22(11-5-9-18-10-6-12-23-18)15-16-13-20-19(21-14-16)17-7-3-2-4-8-17/h13-14,17-18H,2-12,15H2,1H3. The maximum absolute atomic E-state index is 5.69. The zero-order chi connectivity index (χ0) is 15.9. The van der Waals surface area contributed by atoms with Crippen molar-refractivity contribution in [3.05, 3.63) is 23.8 Å². The number of rotatable bonds is 7. The van der Waals surface area contributed by atoms with E-state index in [4.69, 9.17) is 4.74 Å². The zero-order valence-corrected chi connectivity index (χ0v) is 14.5. The van der Waals surface area contributed by atoms with E-state index in [1.807, 2.05) is 12.4 Å². The Morgan fingerprint density at radius 3 is 2.57 bits per heavy atom. The molecular formula is C19H31N3O. The average Bonchev–Trinajstić information content (AvgIpc) is 3.10. The molecule has 0 spiro atoms. The minimum Gasteiger partial charge on any atom is -0.378 e. The van der Waals surface area contributed by atoms with Gasteiger partial charge >= 0.3 is 0 Å². The normalized spacial score (nSPS) is 22.8. The van der Waals surface area contributed by atoms with Gasteiger partial charge in [0.2, 0.25) is 0 Å². The van der Waals surface area contributed by atoms with Crippen LogP contribution in [0.1, 0.15) is 75.1 Å². The molecule has 1 unspecified atom stereocenters. The van der Waals surface area contributed by atoms with Crippen LogP contribution in [-0.2, 0) is 11.3 Å². The Labute approximate surface area is 140 Å². The monoisotopic (exact) mass is 317 g/mol. The van der Waals surface area contributed by atoms with Crippen molar-refractivity contribution in [1.82, 2.24) is 14.9 Å². The highest BCUT2D eigenvalue weighted by molar-refractivity contribution is 5.07. The molecule has 2 aliphatic rings. The van der Waals surface area contributed by atoms with Crippen LogP contribution in [0.25, 0.3) is 0 Å². The molecule has 0 bridgehead atoms. The highest BCUT2D eigenvalue weighted by Crippen LogP contribution is 2.30. The van der Waals surface area contributed by atoms with Crippen LogP contribution in [0.2, 0.25) is 0 Å². The molecule has 0 aromatic carbocycles. The van der Waals surface area contributed by atoms with Crippen molar-refractivity contribution in [2.45, 2.75) is 76.4 Å². The fourth-order valence-corrected chi connectivity index (χ4v) is 3.87. The molecule has 0 radical (unpaired) electrons. The summed E-state index contributed by atoms with van der Waals surface area (Å²) in [5, 5.41) is 0. The van der Waals surface area contributed by atoms with Crippen LogP contribution >= 0.6 is 0 Å². The van der Waals surface area contributed by atoms with Gasteiger partial charge in [0.1, 0.15) is 5.82 Å². The Morgan fingerprint density at radius 2 is 1.87 bits per heavy atom. The first kappa shape index (κ1) is 16.8. The van der Waals surface area contributed by atoms with Crippen molar-refractivity contribution < 1.29 is 4.74 Å². The van der Waals surface area contributed by atoms with Gasteiger partial charge in [-0.05, 0) is 52.1 Å². The molecule has 1 atom stereocenters. The summed E-state index contributed by atoms with van der Waals surface area (Å²) >= 11 is 0. The minimum atomic E-state index is 0.515. The molecule has 23 heavy (non-hydrogen) atoms. The number of ether oxygens (including phenoxy) is 1. The van der Waals surface area contributed by atoms with Crippen LogP contribution in [0.4, 0.5) is 0 Å². The molecule has 1 aromatic heterocycles. The van der Waals surface area contributed by atoms with Gasteiger partial charge in [0.05, 0.1) is 6.10 Å². The SMILES string of the molecule is CN(CCCC1CCCO1)Cc1cnc(C2CCCCC2)nc1. The number of hydrogen-bond donors (Lipinski definition) is 0. The Morgan fingerprint density at radius 1 is 1.09 bits per heavy atom.